The molecule has 0 aromatic heterocycles. The first-order chi connectivity index (χ1) is 8.95. The van der Waals surface area contributed by atoms with Crippen molar-refractivity contribution in [3.8, 4) is 6.07 Å². The van der Waals surface area contributed by atoms with Crippen molar-refractivity contribution in [3.63, 3.8) is 0 Å². The Kier molecular flexibility index (Phi) is 3.93. The van der Waals surface area contributed by atoms with E-state index in [4.69, 9.17) is 5.26 Å². The summed E-state index contributed by atoms with van der Waals surface area (Å²) in [4.78, 5) is 0.0734. The number of sulfonamides is 1. The molecule has 1 N–H and O–H groups in total. The molecule has 0 amide bonds. The van der Waals surface area contributed by atoms with E-state index in [1.165, 1.54) is 12.1 Å². The Morgan fingerprint density at radius 2 is 1.95 bits per heavy atom. The van der Waals surface area contributed by atoms with Crippen molar-refractivity contribution < 1.29 is 8.42 Å². The van der Waals surface area contributed by atoms with Crippen molar-refractivity contribution in [1.29, 1.82) is 5.26 Å². The monoisotopic (exact) mass is 278 g/mol. The second kappa shape index (κ2) is 5.32. The fraction of sp³-hybridized carbons (Fsp3) is 0.500. The minimum atomic E-state index is -3.62. The molecule has 0 radical (unpaired) electrons. The highest BCUT2D eigenvalue weighted by atomic mass is 32.2. The summed E-state index contributed by atoms with van der Waals surface area (Å²) >= 11 is 0. The summed E-state index contributed by atoms with van der Waals surface area (Å²) in [7, 11) is -3.62. The molecule has 0 spiro atoms. The topological polar surface area (TPSA) is 70.0 Å². The molecule has 1 aliphatic carbocycles. The zero-order valence-electron chi connectivity index (χ0n) is 11.1. The van der Waals surface area contributed by atoms with Gasteiger partial charge in [0.25, 0.3) is 0 Å². The zero-order valence-corrected chi connectivity index (χ0v) is 11.9. The predicted octanol–water partition coefficient (Wildman–Crippen LogP) is 2.27. The van der Waals surface area contributed by atoms with Gasteiger partial charge in [0, 0.05) is 6.04 Å². The summed E-state index contributed by atoms with van der Waals surface area (Å²) in [5, 5.41) is 8.99. The van der Waals surface area contributed by atoms with Gasteiger partial charge in [-0.15, -0.1) is 0 Å². The molecule has 1 aromatic rings. The van der Waals surface area contributed by atoms with Crippen LogP contribution in [0.5, 0.6) is 0 Å². The van der Waals surface area contributed by atoms with E-state index in [-0.39, 0.29) is 16.5 Å². The van der Waals surface area contributed by atoms with Crippen LogP contribution in [0, 0.1) is 23.2 Å². The van der Waals surface area contributed by atoms with Crippen molar-refractivity contribution in [2.45, 2.75) is 37.6 Å². The lowest BCUT2D eigenvalue weighted by Gasteiger charge is -2.19. The quantitative estimate of drug-likeness (QED) is 0.922. The van der Waals surface area contributed by atoms with Gasteiger partial charge in [0.1, 0.15) is 6.07 Å². The lowest BCUT2D eigenvalue weighted by molar-refractivity contribution is 0.402. The van der Waals surface area contributed by atoms with E-state index in [0.717, 1.165) is 12.8 Å². The van der Waals surface area contributed by atoms with Crippen LogP contribution < -0.4 is 4.72 Å². The highest BCUT2D eigenvalue weighted by Crippen LogP contribution is 2.32. The van der Waals surface area contributed by atoms with Gasteiger partial charge in [-0.05, 0) is 36.8 Å². The number of hydrogen-bond acceptors (Lipinski definition) is 3. The number of benzene rings is 1. The number of rotatable bonds is 3. The van der Waals surface area contributed by atoms with E-state index in [1.54, 1.807) is 12.1 Å². The third-order valence-corrected chi connectivity index (χ3v) is 5.62. The fourth-order valence-corrected chi connectivity index (χ4v) is 4.11. The van der Waals surface area contributed by atoms with Gasteiger partial charge in [-0.3, -0.25) is 0 Å². The van der Waals surface area contributed by atoms with E-state index in [9.17, 15) is 8.42 Å². The molecule has 1 aromatic carbocycles. The summed E-state index contributed by atoms with van der Waals surface area (Å²) in [6.45, 7) is 4.21. The first kappa shape index (κ1) is 14.0. The molecule has 0 aliphatic heterocycles. The van der Waals surface area contributed by atoms with Crippen LogP contribution in [-0.2, 0) is 10.0 Å². The average Bonchev–Trinajstić information content (AvgIpc) is 2.70. The summed E-state index contributed by atoms with van der Waals surface area (Å²) < 4.78 is 27.5. The van der Waals surface area contributed by atoms with Crippen LogP contribution in [0.4, 0.5) is 0 Å². The first-order valence-electron chi connectivity index (χ1n) is 6.47. The Hall–Kier alpha value is -1.38. The summed E-state index contributed by atoms with van der Waals surface area (Å²) in [5.41, 5.74) is 0.189. The SMILES string of the molecule is CC1CCC(NS(=O)(=O)c2ccccc2C#N)C1C. The van der Waals surface area contributed by atoms with Crippen LogP contribution >= 0.6 is 0 Å². The molecule has 3 unspecified atom stereocenters. The normalized spacial score (nSPS) is 27.1. The van der Waals surface area contributed by atoms with Crippen LogP contribution in [0.15, 0.2) is 29.2 Å². The third kappa shape index (κ3) is 2.80. The molecule has 3 atom stereocenters. The summed E-state index contributed by atoms with van der Waals surface area (Å²) in [6.07, 6.45) is 1.89. The molecule has 2 rings (SSSR count). The van der Waals surface area contributed by atoms with E-state index in [0.29, 0.717) is 11.8 Å². The average molecular weight is 278 g/mol. The van der Waals surface area contributed by atoms with E-state index in [2.05, 4.69) is 18.6 Å². The summed E-state index contributed by atoms with van der Waals surface area (Å²) in [5.74, 6) is 0.850. The lowest BCUT2D eigenvalue weighted by Crippen LogP contribution is -2.37. The molecule has 102 valence electrons. The lowest BCUT2D eigenvalue weighted by atomic mass is 9.98. The van der Waals surface area contributed by atoms with Crippen molar-refractivity contribution >= 4 is 10.0 Å². The molecule has 0 saturated heterocycles. The maximum atomic E-state index is 12.4. The van der Waals surface area contributed by atoms with Crippen LogP contribution in [0.25, 0.3) is 0 Å². The van der Waals surface area contributed by atoms with Crippen molar-refractivity contribution in [3.05, 3.63) is 29.8 Å². The molecule has 19 heavy (non-hydrogen) atoms. The fourth-order valence-electron chi connectivity index (χ4n) is 2.59. The number of hydrogen-bond donors (Lipinski definition) is 1. The van der Waals surface area contributed by atoms with Gasteiger partial charge in [-0.1, -0.05) is 26.0 Å². The third-order valence-electron chi connectivity index (χ3n) is 4.07. The number of nitriles is 1. The molecule has 0 bridgehead atoms. The van der Waals surface area contributed by atoms with E-state index >= 15 is 0 Å². The molecule has 1 saturated carbocycles. The van der Waals surface area contributed by atoms with Crippen LogP contribution in [0.3, 0.4) is 0 Å². The summed E-state index contributed by atoms with van der Waals surface area (Å²) in [6, 6.07) is 8.19. The zero-order chi connectivity index (χ0) is 14.0. The highest BCUT2D eigenvalue weighted by Gasteiger charge is 2.33. The van der Waals surface area contributed by atoms with Gasteiger partial charge >= 0.3 is 0 Å². The Balaban J connectivity index is 2.27. The minimum absolute atomic E-state index is 0.0354. The maximum absolute atomic E-state index is 12.4. The van der Waals surface area contributed by atoms with Gasteiger partial charge in [0.2, 0.25) is 10.0 Å². The smallest absolute Gasteiger partial charge is 0.208 e. The molecule has 5 heteroatoms. The number of nitrogens with zero attached hydrogens (tertiary/aromatic N) is 1. The van der Waals surface area contributed by atoms with Crippen LogP contribution in [0.1, 0.15) is 32.3 Å². The predicted molar refractivity (Wildman–Crippen MR) is 72.8 cm³/mol. The number of nitrogens with one attached hydrogen (secondary N) is 1. The van der Waals surface area contributed by atoms with Gasteiger partial charge in [0.05, 0.1) is 10.5 Å². The first-order valence-corrected chi connectivity index (χ1v) is 7.95. The Morgan fingerprint density at radius 3 is 2.53 bits per heavy atom. The molecule has 4 nitrogen and oxygen atoms in total. The standard InChI is InChI=1S/C14H18N2O2S/c1-10-7-8-13(11(10)2)16-19(17,18)14-6-4-3-5-12(14)9-15/h3-6,10-11,13,16H,7-8H2,1-2H3. The largest absolute Gasteiger partial charge is 0.242 e. The Labute approximate surface area is 114 Å². The van der Waals surface area contributed by atoms with E-state index in [1.807, 2.05) is 6.07 Å². The van der Waals surface area contributed by atoms with Crippen molar-refractivity contribution in [2.75, 3.05) is 0 Å². The van der Waals surface area contributed by atoms with Gasteiger partial charge in [-0.25, -0.2) is 13.1 Å². The molecule has 1 aliphatic rings. The van der Waals surface area contributed by atoms with Crippen LogP contribution in [-0.4, -0.2) is 14.5 Å². The van der Waals surface area contributed by atoms with Gasteiger partial charge in [0.15, 0.2) is 0 Å². The molecular formula is C14H18N2O2S. The van der Waals surface area contributed by atoms with Gasteiger partial charge < -0.3 is 0 Å². The van der Waals surface area contributed by atoms with Gasteiger partial charge in [-0.2, -0.15) is 5.26 Å². The molecule has 0 heterocycles. The van der Waals surface area contributed by atoms with Crippen LogP contribution in [0.2, 0.25) is 0 Å². The Bertz CT molecular complexity index is 604. The second-order valence-corrected chi connectivity index (χ2v) is 6.93. The van der Waals surface area contributed by atoms with Crippen molar-refractivity contribution in [1.82, 2.24) is 4.72 Å². The molecule has 1 fully saturated rings. The highest BCUT2D eigenvalue weighted by molar-refractivity contribution is 7.89. The van der Waals surface area contributed by atoms with E-state index < -0.39 is 10.0 Å². The second-order valence-electron chi connectivity index (χ2n) is 5.25. The minimum Gasteiger partial charge on any atom is -0.208 e. The molecular weight excluding hydrogens is 260 g/mol. The van der Waals surface area contributed by atoms with Crippen molar-refractivity contribution in [2.24, 2.45) is 11.8 Å². The Morgan fingerprint density at radius 1 is 1.26 bits per heavy atom. The maximum Gasteiger partial charge on any atom is 0.242 e.